The zero-order chi connectivity index (χ0) is 49.6. The number of ketones is 2. The van der Waals surface area contributed by atoms with Crippen LogP contribution in [0.2, 0.25) is 0 Å². The van der Waals surface area contributed by atoms with Gasteiger partial charge in [-0.2, -0.15) is 0 Å². The quantitative estimate of drug-likeness (QED) is 0.0399. The Balaban J connectivity index is 0.764. The largest absolute Gasteiger partial charge is 0.421 e. The van der Waals surface area contributed by atoms with Gasteiger partial charge in [-0.3, -0.25) is 9.59 Å². The summed E-state index contributed by atoms with van der Waals surface area (Å²) in [5.41, 5.74) is 4.70. The maximum atomic E-state index is 13.6. The number of Topliss-reactive ketones (excluding diaryl/α,β-unsaturated/α-hetero) is 2. The summed E-state index contributed by atoms with van der Waals surface area (Å²) < 4.78 is 39.0. The predicted molar refractivity (Wildman–Crippen MR) is 277 cm³/mol. The molecular formula is C58H54F2N4O6S2. The molecule has 0 aliphatic carbocycles. The van der Waals surface area contributed by atoms with Gasteiger partial charge in [-0.1, -0.05) is 59.9 Å². The van der Waals surface area contributed by atoms with Crippen LogP contribution in [-0.4, -0.2) is 85.7 Å². The number of piperidine rings is 2. The summed E-state index contributed by atoms with van der Waals surface area (Å²) in [6, 6.07) is 39.2. The number of halogens is 2. The van der Waals surface area contributed by atoms with Gasteiger partial charge in [0.1, 0.15) is 11.6 Å². The van der Waals surface area contributed by atoms with Crippen LogP contribution in [-0.2, 0) is 9.59 Å². The summed E-state index contributed by atoms with van der Waals surface area (Å²) in [7, 11) is 0. The van der Waals surface area contributed by atoms with Crippen LogP contribution in [0.5, 0.6) is 11.5 Å². The number of esters is 2. The summed E-state index contributed by atoms with van der Waals surface area (Å²) in [4.78, 5) is 66.6. The summed E-state index contributed by atoms with van der Waals surface area (Å²) in [5.74, 6) is -1.39. The maximum Gasteiger partial charge on any atom is 0.336 e. The monoisotopic (exact) mass is 1000 g/mol. The molecule has 0 saturated carbocycles. The van der Waals surface area contributed by atoms with Crippen molar-refractivity contribution in [3.8, 4) is 11.5 Å². The fraction of sp³-hybridized carbons (Fsp3) is 0.276. The Labute approximate surface area is 427 Å². The zero-order valence-electron chi connectivity index (χ0n) is 39.7. The normalized spacial score (nSPS) is 16.1. The molecule has 0 atom stereocenters. The number of rotatable bonds is 16. The molecule has 10 nitrogen and oxygen atoms in total. The minimum atomic E-state index is -0.715. The molecule has 0 bridgehead atoms. The number of benzene rings is 6. The van der Waals surface area contributed by atoms with E-state index in [0.29, 0.717) is 35.7 Å². The topological polar surface area (TPSA) is 99.7 Å². The van der Waals surface area contributed by atoms with Crippen LogP contribution < -0.4 is 19.3 Å². The number of nitrogens with zero attached hydrogens (tertiary/aromatic N) is 4. The molecule has 0 amide bonds. The standard InChI is InChI=1S/C58H54F2N4O6S2/c59-43-21-17-39(18-22-43)57(67)41-27-35-61(36-28-41)31-7-33-63-45-9-1-3-13-49(45)71-51-15-5-11-47(55(51)63)69-53(65)25-26-54(66)70-48-12-6-16-52-56(48)64(46-10-2-4-14-50(46)72-52)34-8-32-62-37-29-42(30-38-62)58(68)40-19-23-44(60)24-20-40/h1-6,9-26,41-42H,7-8,27-38H2/b26-25+. The fourth-order valence-electron chi connectivity index (χ4n) is 10.2. The van der Waals surface area contributed by atoms with Gasteiger partial charge in [-0.05, 0) is 175 Å². The lowest BCUT2D eigenvalue weighted by Crippen LogP contribution is -2.38. The van der Waals surface area contributed by atoms with Crippen LogP contribution in [0.1, 0.15) is 59.2 Å². The number of fused-ring (bicyclic) bond motifs is 4. The molecule has 6 aromatic carbocycles. The van der Waals surface area contributed by atoms with Crippen LogP contribution in [0, 0.1) is 23.5 Å². The van der Waals surface area contributed by atoms with Crippen LogP contribution in [0.25, 0.3) is 0 Å². The third-order valence-electron chi connectivity index (χ3n) is 13.9. The van der Waals surface area contributed by atoms with Crippen molar-refractivity contribution in [1.29, 1.82) is 0 Å². The number of hydrogen-bond donors (Lipinski definition) is 0. The van der Waals surface area contributed by atoms with Gasteiger partial charge < -0.3 is 29.1 Å². The molecule has 0 N–H and O–H groups in total. The van der Waals surface area contributed by atoms with Crippen molar-refractivity contribution in [2.75, 3.05) is 62.2 Å². The smallest absolute Gasteiger partial charge is 0.336 e. The van der Waals surface area contributed by atoms with E-state index >= 15 is 0 Å². The van der Waals surface area contributed by atoms with Gasteiger partial charge in [0, 0.05) is 67.8 Å². The van der Waals surface area contributed by atoms with E-state index in [9.17, 15) is 28.0 Å². The lowest BCUT2D eigenvalue weighted by atomic mass is 9.89. The number of ether oxygens (including phenoxy) is 2. The maximum absolute atomic E-state index is 13.6. The van der Waals surface area contributed by atoms with Crippen molar-refractivity contribution >= 4 is 69.8 Å². The molecule has 4 aliphatic heterocycles. The third kappa shape index (κ3) is 11.2. The first-order valence-corrected chi connectivity index (χ1v) is 26.3. The van der Waals surface area contributed by atoms with E-state index in [1.807, 2.05) is 48.5 Å². The molecule has 10 rings (SSSR count). The first-order chi connectivity index (χ1) is 35.1. The fourth-order valence-corrected chi connectivity index (χ4v) is 12.4. The molecule has 72 heavy (non-hydrogen) atoms. The van der Waals surface area contributed by atoms with Gasteiger partial charge >= 0.3 is 11.9 Å². The minimum absolute atomic E-state index is 0.0731. The average molecular weight is 1010 g/mol. The van der Waals surface area contributed by atoms with Crippen molar-refractivity contribution in [3.05, 3.63) is 168 Å². The van der Waals surface area contributed by atoms with Gasteiger partial charge in [-0.25, -0.2) is 18.4 Å². The summed E-state index contributed by atoms with van der Waals surface area (Å²) in [6.45, 7) is 6.13. The summed E-state index contributed by atoms with van der Waals surface area (Å²) >= 11 is 3.23. The molecule has 0 spiro atoms. The molecule has 4 aliphatic rings. The Morgan fingerprint density at radius 2 is 0.847 bits per heavy atom. The zero-order valence-corrected chi connectivity index (χ0v) is 41.4. The summed E-state index contributed by atoms with van der Waals surface area (Å²) in [5, 5.41) is 0. The van der Waals surface area contributed by atoms with E-state index in [-0.39, 0.29) is 35.0 Å². The van der Waals surface area contributed by atoms with Crippen LogP contribution in [0.15, 0.2) is 165 Å². The molecule has 2 fully saturated rings. The van der Waals surface area contributed by atoms with Crippen molar-refractivity contribution in [1.82, 2.24) is 9.80 Å². The number of likely N-dealkylation sites (tertiary alicyclic amines) is 2. The number of para-hydroxylation sites is 4. The lowest BCUT2D eigenvalue weighted by Gasteiger charge is -2.35. The van der Waals surface area contributed by atoms with Gasteiger partial charge in [0.25, 0.3) is 0 Å². The lowest BCUT2D eigenvalue weighted by molar-refractivity contribution is -0.131. The molecule has 0 unspecified atom stereocenters. The van der Waals surface area contributed by atoms with Crippen molar-refractivity contribution in [3.63, 3.8) is 0 Å². The summed E-state index contributed by atoms with van der Waals surface area (Å²) in [6.07, 6.45) is 6.84. The number of carbonyl (C=O) groups excluding carboxylic acids is 4. The molecule has 0 radical (unpaired) electrons. The van der Waals surface area contributed by atoms with Gasteiger partial charge in [-0.15, -0.1) is 0 Å². The molecule has 4 heterocycles. The highest BCUT2D eigenvalue weighted by atomic mass is 32.2. The van der Waals surface area contributed by atoms with Crippen LogP contribution >= 0.6 is 23.5 Å². The Morgan fingerprint density at radius 1 is 0.472 bits per heavy atom. The van der Waals surface area contributed by atoms with Gasteiger partial charge in [0.15, 0.2) is 23.1 Å². The van der Waals surface area contributed by atoms with E-state index in [1.165, 1.54) is 24.3 Å². The molecular weight excluding hydrogens is 951 g/mol. The second-order valence-corrected chi connectivity index (χ2v) is 20.7. The SMILES string of the molecule is O=C(/C=C/C(=O)Oc1cccc2c1N(CCCN1CCC(C(=O)c3ccc(F)cc3)CC1)c1ccccc1S2)Oc1cccc2c1N(CCCN1CCC(C(=O)c3ccc(F)cc3)CC1)c1ccccc1S2. The van der Waals surface area contributed by atoms with Crippen LogP contribution in [0.3, 0.4) is 0 Å². The molecule has 368 valence electrons. The molecule has 14 heteroatoms. The highest BCUT2D eigenvalue weighted by molar-refractivity contribution is 8.00. The van der Waals surface area contributed by atoms with E-state index in [4.69, 9.17) is 9.47 Å². The Hall–Kier alpha value is -6.58. The van der Waals surface area contributed by atoms with Crippen molar-refractivity contribution < 1.29 is 37.4 Å². The van der Waals surface area contributed by atoms with Gasteiger partial charge in [0.2, 0.25) is 0 Å². The first kappa shape index (κ1) is 49.0. The molecule has 6 aromatic rings. The van der Waals surface area contributed by atoms with Gasteiger partial charge in [0.05, 0.1) is 22.7 Å². The predicted octanol–water partition coefficient (Wildman–Crippen LogP) is 12.2. The van der Waals surface area contributed by atoms with Crippen LogP contribution in [0.4, 0.5) is 31.5 Å². The second-order valence-electron chi connectivity index (χ2n) is 18.5. The molecule has 2 saturated heterocycles. The Kier molecular flexibility index (Phi) is 15.3. The van der Waals surface area contributed by atoms with E-state index in [0.717, 1.165) is 132 Å². The first-order valence-electron chi connectivity index (χ1n) is 24.7. The Bertz CT molecular complexity index is 2790. The number of anilines is 4. The highest BCUT2D eigenvalue weighted by Gasteiger charge is 2.31. The highest BCUT2D eigenvalue weighted by Crippen LogP contribution is 2.53. The second kappa shape index (κ2) is 22.5. The Morgan fingerprint density at radius 3 is 1.25 bits per heavy atom. The van der Waals surface area contributed by atoms with Crippen molar-refractivity contribution in [2.24, 2.45) is 11.8 Å². The number of hydrogen-bond acceptors (Lipinski definition) is 12. The number of carbonyl (C=O) groups is 4. The van der Waals surface area contributed by atoms with E-state index in [1.54, 1.807) is 59.9 Å². The van der Waals surface area contributed by atoms with E-state index < -0.39 is 11.9 Å². The van der Waals surface area contributed by atoms with Crippen molar-refractivity contribution in [2.45, 2.75) is 58.1 Å². The minimum Gasteiger partial charge on any atom is -0.421 e. The van der Waals surface area contributed by atoms with E-state index in [2.05, 4.69) is 43.9 Å². The third-order valence-corrected chi connectivity index (χ3v) is 16.1. The molecule has 0 aromatic heterocycles. The average Bonchev–Trinajstić information content (AvgIpc) is 3.40.